The average molecular weight is 191 g/mol. The Morgan fingerprint density at radius 2 is 2.21 bits per heavy atom. The number of hydrogen-bond acceptors (Lipinski definition) is 2. The molecule has 0 unspecified atom stereocenters. The number of rotatable bonds is 3. The maximum absolute atomic E-state index is 4.35. The van der Waals surface area contributed by atoms with Crippen LogP contribution in [0.4, 0.5) is 0 Å². The molecule has 14 heavy (non-hydrogen) atoms. The molecule has 0 bridgehead atoms. The highest BCUT2D eigenvalue weighted by Gasteiger charge is 2.01. The molecule has 1 rings (SSSR count). The summed E-state index contributed by atoms with van der Waals surface area (Å²) in [6.07, 6.45) is 2.92. The Hall–Kier alpha value is -1.38. The number of aromatic nitrogens is 1. The highest BCUT2D eigenvalue weighted by Crippen LogP contribution is 2.01. The lowest BCUT2D eigenvalue weighted by atomic mass is 10.2. The van der Waals surface area contributed by atoms with E-state index < -0.39 is 0 Å². The van der Waals surface area contributed by atoms with Crippen LogP contribution in [0.3, 0.4) is 0 Å². The van der Waals surface area contributed by atoms with Crippen LogP contribution in [0.1, 0.15) is 25.1 Å². The molecule has 0 radical (unpaired) electrons. The Bertz CT molecular complexity index is 301. The molecular weight excluding hydrogens is 174 g/mol. The second kappa shape index (κ2) is 5.37. The predicted octanol–water partition coefficient (Wildman–Crippen LogP) is 1.63. The molecule has 1 heterocycles. The molecule has 0 amide bonds. The molecule has 0 aliphatic heterocycles. The second-order valence-corrected chi connectivity index (χ2v) is 3.01. The molecule has 0 saturated carbocycles. The van der Waals surface area contributed by atoms with Gasteiger partial charge in [-0.25, -0.2) is 0 Å². The minimum Gasteiger partial charge on any atom is -0.369 e. The summed E-state index contributed by atoms with van der Waals surface area (Å²) < 4.78 is 0. The molecule has 0 atom stereocenters. The normalized spacial score (nSPS) is 11.5. The fraction of sp³-hybridized carbons (Fsp3) is 0.455. The van der Waals surface area contributed by atoms with Gasteiger partial charge in [0.2, 0.25) is 0 Å². The maximum Gasteiger partial charge on any atom is 0.146 e. The van der Waals surface area contributed by atoms with Crippen LogP contribution < -0.4 is 5.32 Å². The van der Waals surface area contributed by atoms with E-state index >= 15 is 0 Å². The zero-order chi connectivity index (χ0) is 10.4. The third-order valence-electron chi connectivity index (χ3n) is 2.04. The van der Waals surface area contributed by atoms with Gasteiger partial charge in [0.25, 0.3) is 0 Å². The topological polar surface area (TPSA) is 37.3 Å². The smallest absolute Gasteiger partial charge is 0.146 e. The number of nitrogens with zero attached hydrogens (tertiary/aromatic N) is 2. The minimum absolute atomic E-state index is 0.857. The molecule has 0 spiro atoms. The Kier molecular flexibility index (Phi) is 4.11. The highest BCUT2D eigenvalue weighted by atomic mass is 15.0. The average Bonchev–Trinajstić information content (AvgIpc) is 2.26. The van der Waals surface area contributed by atoms with E-state index in [2.05, 4.69) is 28.3 Å². The van der Waals surface area contributed by atoms with Gasteiger partial charge in [-0.3, -0.25) is 9.98 Å². The van der Waals surface area contributed by atoms with Crippen LogP contribution in [-0.4, -0.2) is 24.4 Å². The van der Waals surface area contributed by atoms with Crippen molar-refractivity contribution >= 4 is 5.84 Å². The fourth-order valence-corrected chi connectivity index (χ4v) is 1.23. The summed E-state index contributed by atoms with van der Waals surface area (Å²) in [5, 5.41) is 3.17. The molecule has 0 aromatic carbocycles. The minimum atomic E-state index is 0.857. The van der Waals surface area contributed by atoms with Crippen LogP contribution >= 0.6 is 0 Å². The Balaban J connectivity index is 2.84. The van der Waals surface area contributed by atoms with Gasteiger partial charge in [-0.05, 0) is 25.0 Å². The van der Waals surface area contributed by atoms with Crippen LogP contribution in [-0.2, 0) is 6.42 Å². The van der Waals surface area contributed by atoms with Crippen LogP contribution in [0.25, 0.3) is 0 Å². The van der Waals surface area contributed by atoms with Crippen molar-refractivity contribution in [1.82, 2.24) is 10.3 Å². The van der Waals surface area contributed by atoms with Crippen LogP contribution in [0.15, 0.2) is 23.3 Å². The van der Waals surface area contributed by atoms with E-state index in [1.165, 1.54) is 5.56 Å². The van der Waals surface area contributed by atoms with Crippen molar-refractivity contribution in [2.45, 2.75) is 20.3 Å². The van der Waals surface area contributed by atoms with Gasteiger partial charge in [0.15, 0.2) is 0 Å². The van der Waals surface area contributed by atoms with Gasteiger partial charge >= 0.3 is 0 Å². The number of amidine groups is 1. The molecule has 0 aliphatic carbocycles. The summed E-state index contributed by atoms with van der Waals surface area (Å²) in [7, 11) is 1.77. The first-order valence-electron chi connectivity index (χ1n) is 4.97. The first-order chi connectivity index (χ1) is 6.81. The molecule has 0 saturated heterocycles. The second-order valence-electron chi connectivity index (χ2n) is 3.01. The van der Waals surface area contributed by atoms with Crippen molar-refractivity contribution in [2.24, 2.45) is 4.99 Å². The van der Waals surface area contributed by atoms with Gasteiger partial charge in [-0.15, -0.1) is 0 Å². The maximum atomic E-state index is 4.35. The summed E-state index contributed by atoms with van der Waals surface area (Å²) in [5.41, 5.74) is 2.16. The summed E-state index contributed by atoms with van der Waals surface area (Å²) in [4.78, 5) is 8.49. The fourth-order valence-electron chi connectivity index (χ4n) is 1.23. The molecular formula is C11H17N3. The van der Waals surface area contributed by atoms with Crippen LogP contribution in [0.5, 0.6) is 0 Å². The third kappa shape index (κ3) is 2.55. The molecule has 0 aliphatic rings. The van der Waals surface area contributed by atoms with Crippen LogP contribution in [0, 0.1) is 0 Å². The first kappa shape index (κ1) is 10.7. The van der Waals surface area contributed by atoms with E-state index in [1.54, 1.807) is 7.05 Å². The van der Waals surface area contributed by atoms with Gasteiger partial charge in [0.1, 0.15) is 11.5 Å². The van der Waals surface area contributed by atoms with Crippen molar-refractivity contribution in [2.75, 3.05) is 13.6 Å². The van der Waals surface area contributed by atoms with E-state index in [9.17, 15) is 0 Å². The van der Waals surface area contributed by atoms with Crippen molar-refractivity contribution in [3.8, 4) is 0 Å². The standard InChI is InChI=1S/C11H17N3/c1-4-9-6-7-10(14-8-9)11(12-3)13-5-2/h6-8H,4-5H2,1-3H3,(H,12,13). The van der Waals surface area contributed by atoms with Crippen molar-refractivity contribution in [3.05, 3.63) is 29.6 Å². The quantitative estimate of drug-likeness (QED) is 0.582. The zero-order valence-electron chi connectivity index (χ0n) is 9.04. The summed E-state index contributed by atoms with van der Waals surface area (Å²) in [5.74, 6) is 0.857. The number of pyridine rings is 1. The van der Waals surface area contributed by atoms with Crippen molar-refractivity contribution < 1.29 is 0 Å². The van der Waals surface area contributed by atoms with Crippen molar-refractivity contribution in [3.63, 3.8) is 0 Å². The Labute approximate surface area is 85.3 Å². The zero-order valence-corrected chi connectivity index (χ0v) is 9.04. The first-order valence-corrected chi connectivity index (χ1v) is 4.97. The third-order valence-corrected chi connectivity index (χ3v) is 2.04. The molecule has 1 N–H and O–H groups in total. The molecule has 3 nitrogen and oxygen atoms in total. The van der Waals surface area contributed by atoms with E-state index in [4.69, 9.17) is 0 Å². The van der Waals surface area contributed by atoms with E-state index in [0.29, 0.717) is 0 Å². The molecule has 1 aromatic heterocycles. The Morgan fingerprint density at radius 1 is 1.43 bits per heavy atom. The Morgan fingerprint density at radius 3 is 2.64 bits per heavy atom. The molecule has 1 aromatic rings. The highest BCUT2D eigenvalue weighted by molar-refractivity contribution is 5.96. The number of nitrogens with one attached hydrogen (secondary N) is 1. The lowest BCUT2D eigenvalue weighted by Gasteiger charge is -2.06. The number of aryl methyl sites for hydroxylation is 1. The largest absolute Gasteiger partial charge is 0.369 e. The lowest BCUT2D eigenvalue weighted by molar-refractivity contribution is 0.952. The molecule has 76 valence electrons. The van der Waals surface area contributed by atoms with E-state index in [1.807, 2.05) is 19.2 Å². The van der Waals surface area contributed by atoms with Gasteiger partial charge in [-0.1, -0.05) is 13.0 Å². The van der Waals surface area contributed by atoms with Crippen molar-refractivity contribution in [1.29, 1.82) is 0 Å². The number of aliphatic imine (C=N–C) groups is 1. The van der Waals surface area contributed by atoms with E-state index in [0.717, 1.165) is 24.5 Å². The monoisotopic (exact) mass is 191 g/mol. The number of hydrogen-bond donors (Lipinski definition) is 1. The van der Waals surface area contributed by atoms with Gasteiger partial charge in [0.05, 0.1) is 0 Å². The summed E-state index contributed by atoms with van der Waals surface area (Å²) in [6, 6.07) is 4.09. The molecule has 3 heteroatoms. The lowest BCUT2D eigenvalue weighted by Crippen LogP contribution is -2.24. The van der Waals surface area contributed by atoms with Gasteiger partial charge in [-0.2, -0.15) is 0 Å². The molecule has 0 fully saturated rings. The predicted molar refractivity (Wildman–Crippen MR) is 59.8 cm³/mol. The summed E-state index contributed by atoms with van der Waals surface area (Å²) in [6.45, 7) is 5.03. The SMILES string of the molecule is CCNC(=NC)c1ccc(CC)cn1. The van der Waals surface area contributed by atoms with E-state index in [-0.39, 0.29) is 0 Å². The van der Waals surface area contributed by atoms with Gasteiger partial charge in [0, 0.05) is 19.8 Å². The summed E-state index contributed by atoms with van der Waals surface area (Å²) >= 11 is 0. The van der Waals surface area contributed by atoms with Gasteiger partial charge < -0.3 is 5.32 Å². The van der Waals surface area contributed by atoms with Crippen LogP contribution in [0.2, 0.25) is 0 Å².